The summed E-state index contributed by atoms with van der Waals surface area (Å²) in [6.07, 6.45) is 3.55. The third-order valence-corrected chi connectivity index (χ3v) is 3.36. The van der Waals surface area contributed by atoms with Crippen molar-refractivity contribution in [1.82, 2.24) is 4.98 Å². The Balaban J connectivity index is 2.03. The van der Waals surface area contributed by atoms with E-state index in [9.17, 15) is 0 Å². The van der Waals surface area contributed by atoms with Gasteiger partial charge in [-0.15, -0.1) is 0 Å². The Morgan fingerprint density at radius 3 is 2.88 bits per heavy atom. The molecule has 0 aliphatic carbocycles. The maximum Gasteiger partial charge on any atom is 0.0548 e. The van der Waals surface area contributed by atoms with Crippen LogP contribution >= 0.6 is 27.5 Å². The highest BCUT2D eigenvalue weighted by Crippen LogP contribution is 2.23. The van der Waals surface area contributed by atoms with Crippen LogP contribution in [-0.2, 0) is 6.54 Å². The van der Waals surface area contributed by atoms with Crippen molar-refractivity contribution in [2.24, 2.45) is 0 Å². The van der Waals surface area contributed by atoms with Gasteiger partial charge in [-0.3, -0.25) is 4.98 Å². The van der Waals surface area contributed by atoms with Crippen LogP contribution in [0.25, 0.3) is 0 Å². The summed E-state index contributed by atoms with van der Waals surface area (Å²) in [5, 5.41) is 4.01. The van der Waals surface area contributed by atoms with Crippen LogP contribution in [0.2, 0.25) is 5.02 Å². The van der Waals surface area contributed by atoms with Crippen LogP contribution in [0.5, 0.6) is 0 Å². The fraction of sp³-hybridized carbons (Fsp3) is 0.0833. The van der Waals surface area contributed by atoms with E-state index in [0.29, 0.717) is 0 Å². The molecule has 0 amide bonds. The van der Waals surface area contributed by atoms with Crippen molar-refractivity contribution in [1.29, 1.82) is 0 Å². The molecule has 1 N–H and O–H groups in total. The molecule has 1 aromatic carbocycles. The van der Waals surface area contributed by atoms with Crippen LogP contribution in [0, 0.1) is 0 Å². The summed E-state index contributed by atoms with van der Waals surface area (Å²) in [6.45, 7) is 0.751. The van der Waals surface area contributed by atoms with Gasteiger partial charge in [0.1, 0.15) is 0 Å². The molecule has 0 aliphatic rings. The largest absolute Gasteiger partial charge is 0.380 e. The molecule has 2 rings (SSSR count). The van der Waals surface area contributed by atoms with Crippen LogP contribution in [0.1, 0.15) is 5.56 Å². The molecule has 0 saturated carbocycles. The van der Waals surface area contributed by atoms with Crippen LogP contribution in [-0.4, -0.2) is 4.98 Å². The highest BCUT2D eigenvalue weighted by molar-refractivity contribution is 9.10. The Hall–Kier alpha value is -1.06. The second-order valence-electron chi connectivity index (χ2n) is 3.34. The van der Waals surface area contributed by atoms with Crippen LogP contribution in [0.4, 0.5) is 5.69 Å². The standard InChI is InChI=1S/C12H10BrClN2/c13-11-6-9(3-4-12(11)14)7-16-10-2-1-5-15-8-10/h1-6,8,16H,7H2. The summed E-state index contributed by atoms with van der Waals surface area (Å²) in [5.41, 5.74) is 2.17. The van der Waals surface area contributed by atoms with Crippen molar-refractivity contribution in [2.75, 3.05) is 5.32 Å². The molecule has 16 heavy (non-hydrogen) atoms. The van der Waals surface area contributed by atoms with E-state index in [1.165, 1.54) is 5.56 Å². The zero-order valence-corrected chi connectivity index (χ0v) is 10.8. The highest BCUT2D eigenvalue weighted by atomic mass is 79.9. The minimum atomic E-state index is 0.727. The molecule has 0 saturated heterocycles. The second kappa shape index (κ2) is 5.32. The smallest absolute Gasteiger partial charge is 0.0548 e. The van der Waals surface area contributed by atoms with Gasteiger partial charge in [0.2, 0.25) is 0 Å². The average molecular weight is 298 g/mol. The predicted octanol–water partition coefficient (Wildman–Crippen LogP) is 4.11. The van der Waals surface area contributed by atoms with Crippen molar-refractivity contribution in [3.63, 3.8) is 0 Å². The minimum Gasteiger partial charge on any atom is -0.380 e. The minimum absolute atomic E-state index is 0.727. The Bertz CT molecular complexity index is 474. The molecule has 82 valence electrons. The SMILES string of the molecule is Clc1ccc(CNc2cccnc2)cc1Br. The monoisotopic (exact) mass is 296 g/mol. The van der Waals surface area contributed by atoms with E-state index < -0.39 is 0 Å². The lowest BCUT2D eigenvalue weighted by Crippen LogP contribution is -1.99. The first-order chi connectivity index (χ1) is 7.75. The first-order valence-corrected chi connectivity index (χ1v) is 6.00. The van der Waals surface area contributed by atoms with Gasteiger partial charge in [-0.05, 0) is 45.8 Å². The molecular formula is C12H10BrClN2. The average Bonchev–Trinajstić information content (AvgIpc) is 2.32. The maximum absolute atomic E-state index is 5.92. The van der Waals surface area contributed by atoms with Gasteiger partial charge in [0, 0.05) is 23.4 Å². The number of rotatable bonds is 3. The van der Waals surface area contributed by atoms with E-state index in [2.05, 4.69) is 26.2 Å². The van der Waals surface area contributed by atoms with Crippen molar-refractivity contribution in [3.8, 4) is 0 Å². The van der Waals surface area contributed by atoms with Crippen molar-refractivity contribution >= 4 is 33.2 Å². The molecule has 0 bridgehead atoms. The number of halogens is 2. The first kappa shape index (κ1) is 11.4. The number of hydrogen-bond acceptors (Lipinski definition) is 2. The molecule has 0 unspecified atom stereocenters. The Labute approximate surface area is 108 Å². The van der Waals surface area contributed by atoms with Crippen LogP contribution < -0.4 is 5.32 Å². The third kappa shape index (κ3) is 2.97. The van der Waals surface area contributed by atoms with Gasteiger partial charge in [-0.2, -0.15) is 0 Å². The number of nitrogens with zero attached hydrogens (tertiary/aromatic N) is 1. The van der Waals surface area contributed by atoms with Gasteiger partial charge in [0.25, 0.3) is 0 Å². The third-order valence-electron chi connectivity index (χ3n) is 2.14. The summed E-state index contributed by atoms with van der Waals surface area (Å²) in [7, 11) is 0. The molecule has 0 atom stereocenters. The number of hydrogen-bond donors (Lipinski definition) is 1. The van der Waals surface area contributed by atoms with Gasteiger partial charge in [0.05, 0.1) is 10.7 Å². The lowest BCUT2D eigenvalue weighted by atomic mass is 10.2. The normalized spacial score (nSPS) is 10.1. The van der Waals surface area contributed by atoms with E-state index in [1.807, 2.05) is 30.3 Å². The quantitative estimate of drug-likeness (QED) is 0.922. The van der Waals surface area contributed by atoms with Crippen molar-refractivity contribution < 1.29 is 0 Å². The van der Waals surface area contributed by atoms with E-state index in [0.717, 1.165) is 21.7 Å². The van der Waals surface area contributed by atoms with Crippen LogP contribution in [0.3, 0.4) is 0 Å². The van der Waals surface area contributed by atoms with Gasteiger partial charge < -0.3 is 5.32 Å². The second-order valence-corrected chi connectivity index (χ2v) is 4.61. The van der Waals surface area contributed by atoms with Crippen LogP contribution in [0.15, 0.2) is 47.2 Å². The van der Waals surface area contributed by atoms with Gasteiger partial charge in [0.15, 0.2) is 0 Å². The fourth-order valence-electron chi connectivity index (χ4n) is 1.32. The molecule has 0 aliphatic heterocycles. The Kier molecular flexibility index (Phi) is 3.80. The first-order valence-electron chi connectivity index (χ1n) is 4.83. The number of benzene rings is 1. The van der Waals surface area contributed by atoms with Crippen molar-refractivity contribution in [3.05, 3.63) is 57.8 Å². The molecule has 1 aromatic heterocycles. The summed E-state index contributed by atoms with van der Waals surface area (Å²) in [5.74, 6) is 0. The van der Waals surface area contributed by atoms with E-state index in [1.54, 1.807) is 12.4 Å². The number of nitrogens with one attached hydrogen (secondary N) is 1. The lowest BCUT2D eigenvalue weighted by molar-refractivity contribution is 1.13. The highest BCUT2D eigenvalue weighted by Gasteiger charge is 1.99. The Morgan fingerprint density at radius 2 is 2.19 bits per heavy atom. The molecular weight excluding hydrogens is 288 g/mol. The van der Waals surface area contributed by atoms with Gasteiger partial charge in [-0.25, -0.2) is 0 Å². The number of anilines is 1. The zero-order valence-electron chi connectivity index (χ0n) is 8.45. The summed E-state index contributed by atoms with van der Waals surface area (Å²) in [6, 6.07) is 9.77. The molecule has 2 nitrogen and oxygen atoms in total. The van der Waals surface area contributed by atoms with E-state index >= 15 is 0 Å². The van der Waals surface area contributed by atoms with E-state index in [4.69, 9.17) is 11.6 Å². The molecule has 0 radical (unpaired) electrons. The summed E-state index contributed by atoms with van der Waals surface area (Å²) in [4.78, 5) is 4.04. The topological polar surface area (TPSA) is 24.9 Å². The molecule has 0 fully saturated rings. The molecule has 2 aromatic rings. The summed E-state index contributed by atoms with van der Waals surface area (Å²) < 4.78 is 0.916. The van der Waals surface area contributed by atoms with Gasteiger partial charge in [-0.1, -0.05) is 17.7 Å². The number of pyridine rings is 1. The zero-order chi connectivity index (χ0) is 11.4. The summed E-state index contributed by atoms with van der Waals surface area (Å²) >= 11 is 9.32. The Morgan fingerprint density at radius 1 is 1.31 bits per heavy atom. The predicted molar refractivity (Wildman–Crippen MR) is 70.7 cm³/mol. The number of aromatic nitrogens is 1. The maximum atomic E-state index is 5.92. The molecule has 1 heterocycles. The fourth-order valence-corrected chi connectivity index (χ4v) is 1.86. The molecule has 4 heteroatoms. The molecule has 0 spiro atoms. The van der Waals surface area contributed by atoms with E-state index in [-0.39, 0.29) is 0 Å². The van der Waals surface area contributed by atoms with Crippen molar-refractivity contribution in [2.45, 2.75) is 6.54 Å². The lowest BCUT2D eigenvalue weighted by Gasteiger charge is -2.06. The van der Waals surface area contributed by atoms with Gasteiger partial charge >= 0.3 is 0 Å².